The van der Waals surface area contributed by atoms with E-state index in [4.69, 9.17) is 41.7 Å². The maximum absolute atomic E-state index is 14.5. The van der Waals surface area contributed by atoms with Gasteiger partial charge in [0.05, 0.1) is 24.3 Å². The molecule has 3 aromatic rings. The standard InChI is InChI=1S/C22H20ClF2N5O5/c23-12-3-15-20(30-22(28-15)35-17-8-33-18-16(31)7-32-19(17)18)29-21(12)34-6-11-13(24)1-9(2-14(11)25)10(4-26)5-27/h1-5,16-19,26,31H,6-8,27H2,(H,28,29,30)/b10-5+,26-4?/t16-,17-,18-,19-/m1/s1. The summed E-state index contributed by atoms with van der Waals surface area (Å²) < 4.78 is 51.4. The van der Waals surface area contributed by atoms with Crippen molar-refractivity contribution in [3.05, 3.63) is 52.2 Å². The number of nitrogens with zero attached hydrogens (tertiary/aromatic N) is 2. The number of aromatic nitrogens is 3. The molecule has 5 N–H and O–H groups in total. The number of nitrogens with one attached hydrogen (secondary N) is 2. The molecule has 2 saturated heterocycles. The number of ether oxygens (including phenoxy) is 4. The van der Waals surface area contributed by atoms with Crippen LogP contribution in [0.3, 0.4) is 0 Å². The molecule has 0 unspecified atom stereocenters. The average molecular weight is 508 g/mol. The van der Waals surface area contributed by atoms with E-state index in [1.54, 1.807) is 0 Å². The fourth-order valence-corrected chi connectivity index (χ4v) is 4.21. The highest BCUT2D eigenvalue weighted by Crippen LogP contribution is 2.32. The van der Waals surface area contributed by atoms with E-state index < -0.39 is 42.7 Å². The molecule has 0 saturated carbocycles. The number of allylic oxidation sites excluding steroid dienone is 1. The Bertz CT molecular complexity index is 1300. The van der Waals surface area contributed by atoms with Gasteiger partial charge in [-0.15, -0.1) is 0 Å². The smallest absolute Gasteiger partial charge is 0.296 e. The van der Waals surface area contributed by atoms with E-state index in [0.29, 0.717) is 5.52 Å². The molecule has 0 radical (unpaired) electrons. The van der Waals surface area contributed by atoms with Crippen molar-refractivity contribution >= 4 is 34.6 Å². The third-order valence-electron chi connectivity index (χ3n) is 5.78. The number of aliphatic hydroxyl groups excluding tert-OH is 1. The molecule has 4 atom stereocenters. The van der Waals surface area contributed by atoms with Crippen molar-refractivity contribution < 1.29 is 32.8 Å². The number of H-pyrrole nitrogens is 1. The van der Waals surface area contributed by atoms with E-state index in [0.717, 1.165) is 24.5 Å². The molecule has 10 nitrogen and oxygen atoms in total. The number of nitrogens with two attached hydrogens (primary N) is 1. The molecular weight excluding hydrogens is 488 g/mol. The molecule has 0 aliphatic carbocycles. The van der Waals surface area contributed by atoms with Crippen molar-refractivity contribution in [2.45, 2.75) is 31.0 Å². The predicted molar refractivity (Wildman–Crippen MR) is 120 cm³/mol. The number of halogens is 3. The van der Waals surface area contributed by atoms with E-state index >= 15 is 0 Å². The zero-order valence-electron chi connectivity index (χ0n) is 18.0. The van der Waals surface area contributed by atoms with Gasteiger partial charge in [0.2, 0.25) is 5.88 Å². The second kappa shape index (κ2) is 9.38. The van der Waals surface area contributed by atoms with Gasteiger partial charge in [0.25, 0.3) is 6.01 Å². The summed E-state index contributed by atoms with van der Waals surface area (Å²) in [7, 11) is 0. The number of aromatic amines is 1. The van der Waals surface area contributed by atoms with Gasteiger partial charge < -0.3 is 40.2 Å². The number of imidazole rings is 1. The molecule has 2 aliphatic heterocycles. The van der Waals surface area contributed by atoms with Crippen LogP contribution in [0.15, 0.2) is 24.4 Å². The topological polar surface area (TPSA) is 149 Å². The molecule has 2 aliphatic rings. The zero-order valence-corrected chi connectivity index (χ0v) is 18.8. The van der Waals surface area contributed by atoms with Crippen LogP contribution < -0.4 is 15.2 Å². The molecule has 13 heteroatoms. The summed E-state index contributed by atoms with van der Waals surface area (Å²) >= 11 is 6.24. The Morgan fingerprint density at radius 3 is 2.69 bits per heavy atom. The van der Waals surface area contributed by atoms with Crippen LogP contribution in [0, 0.1) is 17.0 Å². The minimum atomic E-state index is -0.870. The lowest BCUT2D eigenvalue weighted by Crippen LogP contribution is -2.34. The van der Waals surface area contributed by atoms with Crippen LogP contribution in [-0.4, -0.2) is 63.9 Å². The van der Waals surface area contributed by atoms with Crippen LogP contribution in [0.4, 0.5) is 8.78 Å². The summed E-state index contributed by atoms with van der Waals surface area (Å²) in [5, 5.41) is 17.2. The average Bonchev–Trinajstić information content (AvgIpc) is 3.51. The third-order valence-corrected chi connectivity index (χ3v) is 6.05. The Balaban J connectivity index is 1.32. The van der Waals surface area contributed by atoms with Crippen molar-refractivity contribution in [2.75, 3.05) is 13.2 Å². The van der Waals surface area contributed by atoms with Gasteiger partial charge in [0.1, 0.15) is 41.6 Å². The predicted octanol–water partition coefficient (Wildman–Crippen LogP) is 2.32. The minimum Gasteiger partial charge on any atom is -0.471 e. The molecule has 0 bridgehead atoms. The molecular formula is C22H20ClF2N5O5. The monoisotopic (exact) mass is 507 g/mol. The maximum Gasteiger partial charge on any atom is 0.296 e. The summed E-state index contributed by atoms with van der Waals surface area (Å²) in [6.07, 6.45) is -0.0611. The molecule has 5 rings (SSSR count). The Hall–Kier alpha value is -3.32. The highest BCUT2D eigenvalue weighted by atomic mass is 35.5. The van der Waals surface area contributed by atoms with Crippen molar-refractivity contribution in [3.8, 4) is 11.9 Å². The summed E-state index contributed by atoms with van der Waals surface area (Å²) in [6.45, 7) is -0.0900. The normalized spacial score (nSPS) is 24.1. The summed E-state index contributed by atoms with van der Waals surface area (Å²) in [6, 6.07) is 3.76. The number of fused-ring (bicyclic) bond motifs is 2. The number of hydrogen-bond donors (Lipinski definition) is 4. The van der Waals surface area contributed by atoms with Crippen molar-refractivity contribution in [1.82, 2.24) is 15.0 Å². The van der Waals surface area contributed by atoms with Crippen molar-refractivity contribution in [2.24, 2.45) is 5.73 Å². The van der Waals surface area contributed by atoms with E-state index in [-0.39, 0.29) is 52.5 Å². The number of hydrogen-bond acceptors (Lipinski definition) is 9. The maximum atomic E-state index is 14.5. The molecule has 4 heterocycles. The van der Waals surface area contributed by atoms with Gasteiger partial charge in [-0.1, -0.05) is 11.6 Å². The molecule has 184 valence electrons. The van der Waals surface area contributed by atoms with Crippen LogP contribution in [0.5, 0.6) is 11.9 Å². The van der Waals surface area contributed by atoms with E-state index in [1.807, 2.05) is 0 Å². The third kappa shape index (κ3) is 4.41. The lowest BCUT2D eigenvalue weighted by Gasteiger charge is -2.15. The van der Waals surface area contributed by atoms with Crippen LogP contribution in [-0.2, 0) is 16.1 Å². The van der Waals surface area contributed by atoms with E-state index in [2.05, 4.69) is 15.0 Å². The van der Waals surface area contributed by atoms with E-state index in [9.17, 15) is 13.9 Å². The van der Waals surface area contributed by atoms with Crippen molar-refractivity contribution in [3.63, 3.8) is 0 Å². The summed E-state index contributed by atoms with van der Waals surface area (Å²) in [5.41, 5.74) is 5.99. The van der Waals surface area contributed by atoms with Gasteiger partial charge in [-0.2, -0.15) is 9.97 Å². The first-order valence-electron chi connectivity index (χ1n) is 10.6. The molecule has 0 amide bonds. The lowest BCUT2D eigenvalue weighted by atomic mass is 10.0. The van der Waals surface area contributed by atoms with Gasteiger partial charge in [-0.25, -0.2) is 8.78 Å². The van der Waals surface area contributed by atoms with Gasteiger partial charge in [-0.05, 0) is 23.8 Å². The number of aliphatic hydroxyl groups is 1. The largest absolute Gasteiger partial charge is 0.471 e. The molecule has 2 fully saturated rings. The second-order valence-electron chi connectivity index (χ2n) is 7.98. The summed E-state index contributed by atoms with van der Waals surface area (Å²) in [4.78, 5) is 11.4. The van der Waals surface area contributed by atoms with Gasteiger partial charge >= 0.3 is 0 Å². The first kappa shape index (κ1) is 23.4. The molecule has 35 heavy (non-hydrogen) atoms. The summed E-state index contributed by atoms with van der Waals surface area (Å²) in [5.74, 6) is -1.82. The quantitative estimate of drug-likeness (QED) is 0.356. The van der Waals surface area contributed by atoms with Crippen molar-refractivity contribution in [1.29, 1.82) is 5.41 Å². The Morgan fingerprint density at radius 2 is 1.97 bits per heavy atom. The fraction of sp³-hybridized carbons (Fsp3) is 0.318. The van der Waals surface area contributed by atoms with Crippen LogP contribution in [0.25, 0.3) is 16.7 Å². The number of pyridine rings is 1. The van der Waals surface area contributed by atoms with Gasteiger partial charge in [0.15, 0.2) is 11.8 Å². The number of rotatable bonds is 7. The highest BCUT2D eigenvalue weighted by Gasteiger charge is 2.48. The van der Waals surface area contributed by atoms with Gasteiger partial charge in [0, 0.05) is 18.0 Å². The first-order chi connectivity index (χ1) is 16.9. The number of benzene rings is 1. The Kier molecular flexibility index (Phi) is 6.28. The van der Waals surface area contributed by atoms with E-state index in [1.165, 1.54) is 6.07 Å². The zero-order chi connectivity index (χ0) is 24.7. The molecule has 1 aromatic carbocycles. The molecule has 0 spiro atoms. The minimum absolute atomic E-state index is 0.0753. The van der Waals surface area contributed by atoms with Gasteiger partial charge in [-0.3, -0.25) is 0 Å². The van der Waals surface area contributed by atoms with Crippen LogP contribution in [0.1, 0.15) is 11.1 Å². The molecule has 2 aromatic heterocycles. The highest BCUT2D eigenvalue weighted by molar-refractivity contribution is 6.32. The lowest BCUT2D eigenvalue weighted by molar-refractivity contribution is 0.00706. The Labute approximate surface area is 202 Å². The Morgan fingerprint density at radius 1 is 1.23 bits per heavy atom. The fourth-order valence-electron chi connectivity index (χ4n) is 4.00. The SMILES string of the molecule is N=C/C(=C\N)c1cc(F)c(COc2nc3nc(O[C@@H]4CO[C@H]5[C@@H]4OC[C@H]5O)[nH]c3cc2Cl)c(F)c1. The first-order valence-corrected chi connectivity index (χ1v) is 10.9. The second-order valence-corrected chi connectivity index (χ2v) is 8.39. The van der Waals surface area contributed by atoms with Crippen LogP contribution >= 0.6 is 11.6 Å². The van der Waals surface area contributed by atoms with Crippen LogP contribution in [0.2, 0.25) is 5.02 Å².